The van der Waals surface area contributed by atoms with Crippen molar-refractivity contribution in [2.75, 3.05) is 26.9 Å². The van der Waals surface area contributed by atoms with Crippen LogP contribution in [0.1, 0.15) is 33.1 Å². The molecule has 0 aliphatic carbocycles. The standard InChI is InChI=1S/C11H25NO2/c1-4-11(9-14-3)12-7-5-6-10(2)8-13/h10-13H,4-9H2,1-3H3. The maximum Gasteiger partial charge on any atom is 0.0615 e. The van der Waals surface area contributed by atoms with Gasteiger partial charge in [-0.1, -0.05) is 13.8 Å². The van der Waals surface area contributed by atoms with Gasteiger partial charge in [-0.25, -0.2) is 0 Å². The first-order valence-corrected chi connectivity index (χ1v) is 5.57. The van der Waals surface area contributed by atoms with Crippen molar-refractivity contribution in [1.29, 1.82) is 0 Å². The number of hydrogen-bond acceptors (Lipinski definition) is 3. The van der Waals surface area contributed by atoms with Crippen molar-refractivity contribution in [3.05, 3.63) is 0 Å². The molecule has 0 saturated carbocycles. The SMILES string of the molecule is CCC(COC)NCCCC(C)CO. The van der Waals surface area contributed by atoms with Crippen LogP contribution < -0.4 is 5.32 Å². The van der Waals surface area contributed by atoms with Gasteiger partial charge in [0.15, 0.2) is 0 Å². The highest BCUT2D eigenvalue weighted by atomic mass is 16.5. The number of methoxy groups -OCH3 is 1. The number of ether oxygens (including phenoxy) is 1. The Balaban J connectivity index is 3.32. The van der Waals surface area contributed by atoms with E-state index in [0.29, 0.717) is 18.6 Å². The number of aliphatic hydroxyl groups is 1. The maximum atomic E-state index is 8.83. The van der Waals surface area contributed by atoms with Crippen LogP contribution in [0.25, 0.3) is 0 Å². The normalized spacial score (nSPS) is 15.4. The van der Waals surface area contributed by atoms with Crippen molar-refractivity contribution in [3.63, 3.8) is 0 Å². The molecule has 0 fully saturated rings. The van der Waals surface area contributed by atoms with Crippen LogP contribution in [0.3, 0.4) is 0 Å². The van der Waals surface area contributed by atoms with Crippen molar-refractivity contribution in [2.24, 2.45) is 5.92 Å². The first kappa shape index (κ1) is 13.9. The molecule has 0 aliphatic heterocycles. The summed E-state index contributed by atoms with van der Waals surface area (Å²) >= 11 is 0. The Bertz CT molecular complexity index is 120. The van der Waals surface area contributed by atoms with Gasteiger partial charge in [0.1, 0.15) is 0 Å². The second kappa shape index (κ2) is 9.44. The van der Waals surface area contributed by atoms with Gasteiger partial charge >= 0.3 is 0 Å². The fraction of sp³-hybridized carbons (Fsp3) is 1.00. The number of aliphatic hydroxyl groups excluding tert-OH is 1. The largest absolute Gasteiger partial charge is 0.396 e. The number of hydrogen-bond donors (Lipinski definition) is 2. The van der Waals surface area contributed by atoms with Crippen LogP contribution in [0.5, 0.6) is 0 Å². The summed E-state index contributed by atoms with van der Waals surface area (Å²) in [5.41, 5.74) is 0. The van der Waals surface area contributed by atoms with Crippen LogP contribution in [-0.2, 0) is 4.74 Å². The van der Waals surface area contributed by atoms with E-state index in [1.165, 1.54) is 0 Å². The van der Waals surface area contributed by atoms with Crippen LogP contribution in [-0.4, -0.2) is 38.0 Å². The van der Waals surface area contributed by atoms with Gasteiger partial charge in [-0.2, -0.15) is 0 Å². The zero-order valence-corrected chi connectivity index (χ0v) is 9.75. The number of nitrogens with one attached hydrogen (secondary N) is 1. The molecule has 0 radical (unpaired) electrons. The molecule has 2 N–H and O–H groups in total. The third kappa shape index (κ3) is 7.30. The van der Waals surface area contributed by atoms with Gasteiger partial charge in [0.25, 0.3) is 0 Å². The molecule has 0 amide bonds. The van der Waals surface area contributed by atoms with Crippen LogP contribution in [0.4, 0.5) is 0 Å². The first-order valence-electron chi connectivity index (χ1n) is 5.57. The quantitative estimate of drug-likeness (QED) is 0.557. The fourth-order valence-electron chi connectivity index (χ4n) is 1.37. The average Bonchev–Trinajstić information content (AvgIpc) is 2.22. The molecule has 0 bridgehead atoms. The highest BCUT2D eigenvalue weighted by molar-refractivity contribution is 4.63. The Morgan fingerprint density at radius 3 is 2.64 bits per heavy atom. The van der Waals surface area contributed by atoms with Gasteiger partial charge in [-0.3, -0.25) is 0 Å². The van der Waals surface area contributed by atoms with E-state index in [4.69, 9.17) is 9.84 Å². The second-order valence-electron chi connectivity index (χ2n) is 3.94. The molecule has 14 heavy (non-hydrogen) atoms. The summed E-state index contributed by atoms with van der Waals surface area (Å²) < 4.78 is 5.09. The molecule has 0 aromatic carbocycles. The summed E-state index contributed by atoms with van der Waals surface area (Å²) in [6.07, 6.45) is 3.32. The topological polar surface area (TPSA) is 41.5 Å². The van der Waals surface area contributed by atoms with E-state index in [0.717, 1.165) is 32.4 Å². The lowest BCUT2D eigenvalue weighted by Crippen LogP contribution is -2.33. The van der Waals surface area contributed by atoms with Crippen molar-refractivity contribution in [3.8, 4) is 0 Å². The minimum Gasteiger partial charge on any atom is -0.396 e. The van der Waals surface area contributed by atoms with Gasteiger partial charge in [0.2, 0.25) is 0 Å². The van der Waals surface area contributed by atoms with E-state index in [1.54, 1.807) is 7.11 Å². The summed E-state index contributed by atoms with van der Waals surface area (Å²) in [6, 6.07) is 0.476. The van der Waals surface area contributed by atoms with Gasteiger partial charge in [0, 0.05) is 19.8 Å². The van der Waals surface area contributed by atoms with Crippen molar-refractivity contribution >= 4 is 0 Å². The predicted octanol–water partition coefficient (Wildman–Crippen LogP) is 1.41. The lowest BCUT2D eigenvalue weighted by atomic mass is 10.1. The summed E-state index contributed by atoms with van der Waals surface area (Å²) in [5, 5.41) is 12.3. The molecule has 3 nitrogen and oxygen atoms in total. The summed E-state index contributed by atoms with van der Waals surface area (Å²) in [5.74, 6) is 0.430. The van der Waals surface area contributed by atoms with Gasteiger partial charge in [-0.05, 0) is 31.7 Å². The Labute approximate surface area is 87.8 Å². The highest BCUT2D eigenvalue weighted by Gasteiger charge is 2.04. The molecule has 0 spiro atoms. The highest BCUT2D eigenvalue weighted by Crippen LogP contribution is 2.03. The minimum absolute atomic E-state index is 0.301. The first-order chi connectivity index (χ1) is 6.74. The predicted molar refractivity (Wildman–Crippen MR) is 59.4 cm³/mol. The summed E-state index contributed by atoms with van der Waals surface area (Å²) in [6.45, 7) is 6.34. The zero-order chi connectivity index (χ0) is 10.8. The molecule has 0 aromatic rings. The van der Waals surface area contributed by atoms with Crippen LogP contribution in [0, 0.1) is 5.92 Å². The van der Waals surface area contributed by atoms with Gasteiger partial charge < -0.3 is 15.2 Å². The van der Waals surface area contributed by atoms with Crippen LogP contribution in [0.15, 0.2) is 0 Å². The monoisotopic (exact) mass is 203 g/mol. The van der Waals surface area contributed by atoms with Crippen LogP contribution in [0.2, 0.25) is 0 Å². The third-order valence-electron chi connectivity index (χ3n) is 2.48. The molecular formula is C11H25NO2. The van der Waals surface area contributed by atoms with E-state index in [-0.39, 0.29) is 0 Å². The number of rotatable bonds is 9. The van der Waals surface area contributed by atoms with Crippen LogP contribution >= 0.6 is 0 Å². The molecule has 0 aromatic heterocycles. The maximum absolute atomic E-state index is 8.83. The van der Waals surface area contributed by atoms with E-state index in [9.17, 15) is 0 Å². The average molecular weight is 203 g/mol. The Morgan fingerprint density at radius 2 is 2.14 bits per heavy atom. The Morgan fingerprint density at radius 1 is 1.43 bits per heavy atom. The van der Waals surface area contributed by atoms with E-state index in [2.05, 4.69) is 19.2 Å². The second-order valence-corrected chi connectivity index (χ2v) is 3.94. The van der Waals surface area contributed by atoms with Gasteiger partial charge in [-0.15, -0.1) is 0 Å². The minimum atomic E-state index is 0.301. The molecule has 3 heteroatoms. The summed E-state index contributed by atoms with van der Waals surface area (Å²) in [7, 11) is 1.73. The van der Waals surface area contributed by atoms with E-state index in [1.807, 2.05) is 0 Å². The van der Waals surface area contributed by atoms with Crippen molar-refractivity contribution in [2.45, 2.75) is 39.2 Å². The van der Waals surface area contributed by atoms with Crippen molar-refractivity contribution < 1.29 is 9.84 Å². The zero-order valence-electron chi connectivity index (χ0n) is 9.75. The molecule has 0 heterocycles. The van der Waals surface area contributed by atoms with E-state index < -0.39 is 0 Å². The van der Waals surface area contributed by atoms with E-state index >= 15 is 0 Å². The molecule has 0 saturated heterocycles. The molecule has 2 atom stereocenters. The molecule has 0 rings (SSSR count). The van der Waals surface area contributed by atoms with Gasteiger partial charge in [0.05, 0.1) is 6.61 Å². The third-order valence-corrected chi connectivity index (χ3v) is 2.48. The Kier molecular flexibility index (Phi) is 9.35. The lowest BCUT2D eigenvalue weighted by Gasteiger charge is -2.16. The molecule has 86 valence electrons. The lowest BCUT2D eigenvalue weighted by molar-refractivity contribution is 0.163. The summed E-state index contributed by atoms with van der Waals surface area (Å²) in [4.78, 5) is 0. The fourth-order valence-corrected chi connectivity index (χ4v) is 1.37. The smallest absolute Gasteiger partial charge is 0.0615 e. The molecule has 0 aliphatic rings. The Hall–Kier alpha value is -0.120. The molecular weight excluding hydrogens is 178 g/mol. The molecule has 2 unspecified atom stereocenters. The van der Waals surface area contributed by atoms with Crippen molar-refractivity contribution in [1.82, 2.24) is 5.32 Å².